The topological polar surface area (TPSA) is 49.6 Å². The van der Waals surface area contributed by atoms with Gasteiger partial charge in [0.25, 0.3) is 0 Å². The highest BCUT2D eigenvalue weighted by atomic mass is 16.2. The summed E-state index contributed by atoms with van der Waals surface area (Å²) in [5, 5.41) is 0. The normalized spacial score (nSPS) is 12.0. The highest BCUT2D eigenvalue weighted by Gasteiger charge is 2.19. The number of rotatable bonds is 9. The Morgan fingerprint density at radius 1 is 1.18 bits per heavy atom. The minimum atomic E-state index is 0.0867. The standard InChI is InChI=1S/C18H31N3O/c1-5-10-21(11-6-2)18(22)13-16(14-19)15-8-7-9-17(12-15)20(3)4/h7-9,12,16H,5-6,10-11,13-14,19H2,1-4H3. The Kier molecular flexibility index (Phi) is 7.96. The van der Waals surface area contributed by atoms with Crippen LogP contribution >= 0.6 is 0 Å². The van der Waals surface area contributed by atoms with Crippen molar-refractivity contribution < 1.29 is 4.79 Å². The largest absolute Gasteiger partial charge is 0.378 e. The maximum atomic E-state index is 12.5. The number of hydrogen-bond acceptors (Lipinski definition) is 3. The number of anilines is 1. The molecular formula is C18H31N3O. The molecule has 2 N–H and O–H groups in total. The maximum absolute atomic E-state index is 12.5. The molecule has 0 spiro atoms. The van der Waals surface area contributed by atoms with Crippen LogP contribution in [0.1, 0.15) is 44.6 Å². The van der Waals surface area contributed by atoms with Gasteiger partial charge in [-0.2, -0.15) is 0 Å². The Balaban J connectivity index is 2.83. The van der Waals surface area contributed by atoms with Crippen molar-refractivity contribution in [3.8, 4) is 0 Å². The van der Waals surface area contributed by atoms with Gasteiger partial charge in [0.15, 0.2) is 0 Å². The quantitative estimate of drug-likeness (QED) is 0.763. The first-order valence-corrected chi connectivity index (χ1v) is 8.28. The lowest BCUT2D eigenvalue weighted by Gasteiger charge is -2.25. The van der Waals surface area contributed by atoms with E-state index in [1.807, 2.05) is 25.1 Å². The number of carbonyl (C=O) groups excluding carboxylic acids is 1. The predicted octanol–water partition coefficient (Wildman–Crippen LogP) is 2.83. The van der Waals surface area contributed by atoms with Gasteiger partial charge in [-0.25, -0.2) is 0 Å². The minimum Gasteiger partial charge on any atom is -0.378 e. The van der Waals surface area contributed by atoms with Crippen molar-refractivity contribution in [1.29, 1.82) is 0 Å². The van der Waals surface area contributed by atoms with E-state index in [4.69, 9.17) is 5.73 Å². The van der Waals surface area contributed by atoms with Gasteiger partial charge in [-0.15, -0.1) is 0 Å². The van der Waals surface area contributed by atoms with Crippen LogP contribution in [-0.2, 0) is 4.79 Å². The zero-order chi connectivity index (χ0) is 16.5. The average molecular weight is 305 g/mol. The van der Waals surface area contributed by atoms with E-state index in [9.17, 15) is 4.79 Å². The van der Waals surface area contributed by atoms with Gasteiger partial charge in [-0.1, -0.05) is 26.0 Å². The van der Waals surface area contributed by atoms with E-state index >= 15 is 0 Å². The third-order valence-corrected chi connectivity index (χ3v) is 3.90. The summed E-state index contributed by atoms with van der Waals surface area (Å²) in [6.07, 6.45) is 2.48. The third kappa shape index (κ3) is 5.34. The first kappa shape index (κ1) is 18.5. The fourth-order valence-corrected chi connectivity index (χ4v) is 2.64. The second-order valence-electron chi connectivity index (χ2n) is 6.01. The molecule has 0 heterocycles. The van der Waals surface area contributed by atoms with Crippen LogP contribution in [0.15, 0.2) is 24.3 Å². The molecule has 1 atom stereocenters. The minimum absolute atomic E-state index is 0.0867. The lowest BCUT2D eigenvalue weighted by atomic mass is 9.94. The van der Waals surface area contributed by atoms with Crippen molar-refractivity contribution in [2.45, 2.75) is 39.0 Å². The summed E-state index contributed by atoms with van der Waals surface area (Å²) in [5.74, 6) is 0.304. The highest BCUT2D eigenvalue weighted by molar-refractivity contribution is 5.77. The van der Waals surface area contributed by atoms with Gasteiger partial charge in [0, 0.05) is 45.2 Å². The Morgan fingerprint density at radius 2 is 1.82 bits per heavy atom. The number of carbonyl (C=O) groups is 1. The van der Waals surface area contributed by atoms with Gasteiger partial charge in [0.2, 0.25) is 5.91 Å². The Bertz CT molecular complexity index is 453. The molecule has 0 radical (unpaired) electrons. The van der Waals surface area contributed by atoms with Gasteiger partial charge < -0.3 is 15.5 Å². The fourth-order valence-electron chi connectivity index (χ4n) is 2.64. The molecule has 0 aromatic heterocycles. The van der Waals surface area contributed by atoms with E-state index in [0.29, 0.717) is 13.0 Å². The molecule has 0 saturated carbocycles. The lowest BCUT2D eigenvalue weighted by molar-refractivity contribution is -0.131. The van der Waals surface area contributed by atoms with Crippen LogP contribution in [0.4, 0.5) is 5.69 Å². The van der Waals surface area contributed by atoms with Crippen molar-refractivity contribution in [3.63, 3.8) is 0 Å². The van der Waals surface area contributed by atoms with Crippen molar-refractivity contribution in [2.24, 2.45) is 5.73 Å². The molecule has 0 aliphatic rings. The third-order valence-electron chi connectivity index (χ3n) is 3.90. The summed E-state index contributed by atoms with van der Waals surface area (Å²) in [7, 11) is 4.04. The van der Waals surface area contributed by atoms with Crippen molar-refractivity contribution >= 4 is 11.6 Å². The molecular weight excluding hydrogens is 274 g/mol. The van der Waals surface area contributed by atoms with Crippen LogP contribution in [0, 0.1) is 0 Å². The van der Waals surface area contributed by atoms with E-state index in [0.717, 1.165) is 37.2 Å². The van der Waals surface area contributed by atoms with Crippen LogP contribution < -0.4 is 10.6 Å². The second kappa shape index (κ2) is 9.46. The van der Waals surface area contributed by atoms with Gasteiger partial charge in [-0.3, -0.25) is 4.79 Å². The predicted molar refractivity (Wildman–Crippen MR) is 94.3 cm³/mol. The molecule has 22 heavy (non-hydrogen) atoms. The maximum Gasteiger partial charge on any atom is 0.223 e. The van der Waals surface area contributed by atoms with Crippen LogP contribution in [0.5, 0.6) is 0 Å². The molecule has 0 fully saturated rings. The Hall–Kier alpha value is -1.55. The van der Waals surface area contributed by atoms with E-state index in [2.05, 4.69) is 36.9 Å². The molecule has 0 bridgehead atoms. The van der Waals surface area contributed by atoms with Crippen LogP contribution in [-0.4, -0.2) is 44.5 Å². The Labute approximate surface area is 135 Å². The number of amides is 1. The number of hydrogen-bond donors (Lipinski definition) is 1. The molecule has 4 nitrogen and oxygen atoms in total. The monoisotopic (exact) mass is 305 g/mol. The molecule has 1 rings (SSSR count). The van der Waals surface area contributed by atoms with E-state index < -0.39 is 0 Å². The summed E-state index contributed by atoms with van der Waals surface area (Å²) in [6, 6.07) is 8.31. The first-order valence-electron chi connectivity index (χ1n) is 8.28. The molecule has 1 amide bonds. The van der Waals surface area contributed by atoms with Crippen LogP contribution in [0.2, 0.25) is 0 Å². The van der Waals surface area contributed by atoms with Gasteiger partial charge in [0.05, 0.1) is 0 Å². The SMILES string of the molecule is CCCN(CCC)C(=O)CC(CN)c1cccc(N(C)C)c1. The fraction of sp³-hybridized carbons (Fsp3) is 0.611. The number of nitrogens with zero attached hydrogens (tertiary/aromatic N) is 2. The summed E-state index contributed by atoms with van der Waals surface area (Å²) in [6.45, 7) is 6.38. The zero-order valence-corrected chi connectivity index (χ0v) is 14.5. The van der Waals surface area contributed by atoms with Crippen LogP contribution in [0.3, 0.4) is 0 Å². The number of nitrogens with two attached hydrogens (primary N) is 1. The molecule has 0 saturated heterocycles. The highest BCUT2D eigenvalue weighted by Crippen LogP contribution is 2.24. The Morgan fingerprint density at radius 3 is 2.32 bits per heavy atom. The zero-order valence-electron chi connectivity index (χ0n) is 14.5. The molecule has 0 aliphatic carbocycles. The van der Waals surface area contributed by atoms with Crippen molar-refractivity contribution in [3.05, 3.63) is 29.8 Å². The summed E-state index contributed by atoms with van der Waals surface area (Å²) in [4.78, 5) is 16.6. The van der Waals surface area contributed by atoms with Gasteiger partial charge >= 0.3 is 0 Å². The van der Waals surface area contributed by atoms with Crippen molar-refractivity contribution in [2.75, 3.05) is 38.6 Å². The molecule has 4 heteroatoms. The van der Waals surface area contributed by atoms with E-state index in [1.165, 1.54) is 0 Å². The average Bonchev–Trinajstić information content (AvgIpc) is 2.52. The lowest BCUT2D eigenvalue weighted by Crippen LogP contribution is -2.34. The van der Waals surface area contributed by atoms with Gasteiger partial charge in [0.1, 0.15) is 0 Å². The molecule has 0 aliphatic heterocycles. The molecule has 1 aromatic carbocycles. The van der Waals surface area contributed by atoms with E-state index in [-0.39, 0.29) is 11.8 Å². The summed E-state index contributed by atoms with van der Waals surface area (Å²) >= 11 is 0. The molecule has 1 aromatic rings. The number of benzene rings is 1. The second-order valence-corrected chi connectivity index (χ2v) is 6.01. The van der Waals surface area contributed by atoms with Crippen molar-refractivity contribution in [1.82, 2.24) is 4.90 Å². The first-order chi connectivity index (χ1) is 10.5. The smallest absolute Gasteiger partial charge is 0.223 e. The summed E-state index contributed by atoms with van der Waals surface area (Å²) in [5.41, 5.74) is 8.23. The van der Waals surface area contributed by atoms with Gasteiger partial charge in [-0.05, 0) is 37.1 Å². The van der Waals surface area contributed by atoms with Crippen LogP contribution in [0.25, 0.3) is 0 Å². The molecule has 1 unspecified atom stereocenters. The summed E-state index contributed by atoms with van der Waals surface area (Å²) < 4.78 is 0. The van der Waals surface area contributed by atoms with E-state index in [1.54, 1.807) is 0 Å². The molecule has 124 valence electrons.